The van der Waals surface area contributed by atoms with Crippen LogP contribution in [0.5, 0.6) is 0 Å². The van der Waals surface area contributed by atoms with E-state index in [-0.39, 0.29) is 13.2 Å². The summed E-state index contributed by atoms with van der Waals surface area (Å²) in [5.41, 5.74) is -0.886. The first-order valence-corrected chi connectivity index (χ1v) is 4.28. The molecular formula is C8H14O5. The predicted molar refractivity (Wildman–Crippen MR) is 41.8 cm³/mol. The number of hydrogen-bond donors (Lipinski definition) is 2. The van der Waals surface area contributed by atoms with E-state index in [2.05, 4.69) is 0 Å². The highest BCUT2D eigenvalue weighted by atomic mass is 16.8. The Kier molecular flexibility index (Phi) is 1.91. The Morgan fingerprint density at radius 1 is 1.46 bits per heavy atom. The minimum atomic E-state index is -1.01. The first-order chi connectivity index (χ1) is 5.99. The summed E-state index contributed by atoms with van der Waals surface area (Å²) in [7, 11) is 0. The maximum Gasteiger partial charge on any atom is 0.184 e. The highest BCUT2D eigenvalue weighted by molar-refractivity contribution is 5.01. The second-order valence-electron chi connectivity index (χ2n) is 3.96. The minimum absolute atomic E-state index is 0.165. The molecule has 3 atom stereocenters. The predicted octanol–water partition coefficient (Wildman–Crippen LogP) is -0.782. The first kappa shape index (κ1) is 9.36. The van der Waals surface area contributed by atoms with E-state index in [1.165, 1.54) is 0 Å². The third-order valence-electron chi connectivity index (χ3n) is 2.40. The summed E-state index contributed by atoms with van der Waals surface area (Å²) in [5, 5.41) is 18.6. The van der Waals surface area contributed by atoms with Crippen molar-refractivity contribution in [1.29, 1.82) is 0 Å². The molecule has 0 bridgehead atoms. The van der Waals surface area contributed by atoms with Crippen molar-refractivity contribution in [1.82, 2.24) is 0 Å². The van der Waals surface area contributed by atoms with E-state index in [1.54, 1.807) is 13.8 Å². The van der Waals surface area contributed by atoms with Crippen LogP contribution in [0.2, 0.25) is 0 Å². The smallest absolute Gasteiger partial charge is 0.184 e. The fourth-order valence-electron chi connectivity index (χ4n) is 1.90. The Morgan fingerprint density at radius 2 is 2.15 bits per heavy atom. The molecule has 0 aromatic rings. The fraction of sp³-hybridized carbons (Fsp3) is 1.00. The van der Waals surface area contributed by atoms with Crippen molar-refractivity contribution in [2.24, 2.45) is 0 Å². The van der Waals surface area contributed by atoms with Crippen LogP contribution in [0.15, 0.2) is 0 Å². The van der Waals surface area contributed by atoms with Gasteiger partial charge in [-0.1, -0.05) is 0 Å². The molecule has 0 aliphatic carbocycles. The molecular weight excluding hydrogens is 176 g/mol. The number of rotatable bonds is 1. The van der Waals surface area contributed by atoms with Gasteiger partial charge in [-0.2, -0.15) is 0 Å². The van der Waals surface area contributed by atoms with Gasteiger partial charge in [0.1, 0.15) is 11.7 Å². The summed E-state index contributed by atoms with van der Waals surface area (Å²) in [4.78, 5) is 0. The maximum absolute atomic E-state index is 9.39. The van der Waals surface area contributed by atoms with Crippen LogP contribution < -0.4 is 0 Å². The normalized spacial score (nSPS) is 48.0. The second-order valence-corrected chi connectivity index (χ2v) is 3.96. The van der Waals surface area contributed by atoms with Gasteiger partial charge < -0.3 is 24.4 Å². The van der Waals surface area contributed by atoms with Gasteiger partial charge in [0, 0.05) is 0 Å². The SMILES string of the molecule is CC1(C)O[C@H]2C(O)OC[C@@]2(CO)O1. The molecule has 0 amide bonds. The van der Waals surface area contributed by atoms with Crippen LogP contribution in [0, 0.1) is 0 Å². The monoisotopic (exact) mass is 190 g/mol. The average Bonchev–Trinajstić information content (AvgIpc) is 2.47. The van der Waals surface area contributed by atoms with Crippen LogP contribution in [-0.2, 0) is 14.2 Å². The Morgan fingerprint density at radius 3 is 2.69 bits per heavy atom. The van der Waals surface area contributed by atoms with Crippen LogP contribution in [0.25, 0.3) is 0 Å². The molecule has 0 spiro atoms. The lowest BCUT2D eigenvalue weighted by atomic mass is 10.0. The lowest BCUT2D eigenvalue weighted by molar-refractivity contribution is -0.216. The summed E-state index contributed by atoms with van der Waals surface area (Å²) in [6, 6.07) is 0. The van der Waals surface area contributed by atoms with Crippen LogP contribution in [0.1, 0.15) is 13.8 Å². The minimum Gasteiger partial charge on any atom is -0.393 e. The molecule has 2 aliphatic heterocycles. The Labute approximate surface area is 76.2 Å². The van der Waals surface area contributed by atoms with Gasteiger partial charge in [0.2, 0.25) is 0 Å². The Bertz CT molecular complexity index is 217. The van der Waals surface area contributed by atoms with E-state index in [4.69, 9.17) is 14.2 Å². The van der Waals surface area contributed by atoms with Crippen molar-refractivity contribution in [3.8, 4) is 0 Å². The number of aliphatic hydroxyl groups excluding tert-OH is 2. The summed E-state index contributed by atoms with van der Waals surface area (Å²) in [5.74, 6) is -0.766. The quantitative estimate of drug-likeness (QED) is 0.567. The topological polar surface area (TPSA) is 68.2 Å². The number of fused-ring (bicyclic) bond motifs is 1. The molecule has 2 saturated heterocycles. The van der Waals surface area contributed by atoms with Crippen molar-refractivity contribution in [2.45, 2.75) is 37.6 Å². The third kappa shape index (κ3) is 1.28. The van der Waals surface area contributed by atoms with E-state index in [1.807, 2.05) is 0 Å². The lowest BCUT2D eigenvalue weighted by Crippen LogP contribution is -2.44. The molecule has 5 heteroatoms. The summed E-state index contributed by atoms with van der Waals surface area (Å²) >= 11 is 0. The van der Waals surface area contributed by atoms with Crippen LogP contribution >= 0.6 is 0 Å². The molecule has 2 rings (SSSR count). The molecule has 76 valence electrons. The van der Waals surface area contributed by atoms with Gasteiger partial charge in [0.05, 0.1) is 13.2 Å². The Hall–Kier alpha value is -0.200. The third-order valence-corrected chi connectivity index (χ3v) is 2.40. The highest BCUT2D eigenvalue weighted by Crippen LogP contribution is 2.42. The van der Waals surface area contributed by atoms with Gasteiger partial charge >= 0.3 is 0 Å². The zero-order valence-electron chi connectivity index (χ0n) is 7.69. The molecule has 2 N–H and O–H groups in total. The van der Waals surface area contributed by atoms with Gasteiger partial charge in [0.15, 0.2) is 12.1 Å². The molecule has 1 unspecified atom stereocenters. The summed E-state index contributed by atoms with van der Waals surface area (Å²) in [6.45, 7) is 3.45. The standard InChI is InChI=1S/C8H14O5/c1-7(2)12-5-6(10)11-4-8(5,3-9)13-7/h5-6,9-10H,3-4H2,1-2H3/t5-,6?,8+/m0/s1. The van der Waals surface area contributed by atoms with Crippen LogP contribution in [-0.4, -0.2) is 47.2 Å². The fourth-order valence-corrected chi connectivity index (χ4v) is 1.90. The van der Waals surface area contributed by atoms with E-state index in [9.17, 15) is 10.2 Å². The number of ether oxygens (including phenoxy) is 3. The molecule has 13 heavy (non-hydrogen) atoms. The maximum atomic E-state index is 9.39. The highest BCUT2D eigenvalue weighted by Gasteiger charge is 2.60. The van der Waals surface area contributed by atoms with Gasteiger partial charge in [-0.05, 0) is 13.8 Å². The molecule has 2 fully saturated rings. The summed E-state index contributed by atoms with van der Waals surface area (Å²) in [6.07, 6.45) is -1.60. The van der Waals surface area contributed by atoms with Crippen molar-refractivity contribution < 1.29 is 24.4 Å². The van der Waals surface area contributed by atoms with Crippen molar-refractivity contribution in [3.05, 3.63) is 0 Å². The zero-order valence-corrected chi connectivity index (χ0v) is 7.69. The van der Waals surface area contributed by atoms with Crippen molar-refractivity contribution in [3.63, 3.8) is 0 Å². The van der Waals surface area contributed by atoms with E-state index in [0.29, 0.717) is 0 Å². The molecule has 2 aliphatic rings. The molecule has 0 radical (unpaired) electrons. The van der Waals surface area contributed by atoms with E-state index >= 15 is 0 Å². The molecule has 0 aromatic carbocycles. The number of hydrogen-bond acceptors (Lipinski definition) is 5. The molecule has 0 saturated carbocycles. The Balaban J connectivity index is 2.24. The summed E-state index contributed by atoms with van der Waals surface area (Å²) < 4.78 is 15.9. The molecule has 2 heterocycles. The van der Waals surface area contributed by atoms with Gasteiger partial charge in [-0.3, -0.25) is 0 Å². The largest absolute Gasteiger partial charge is 0.393 e. The van der Waals surface area contributed by atoms with Crippen molar-refractivity contribution in [2.75, 3.05) is 13.2 Å². The lowest BCUT2D eigenvalue weighted by Gasteiger charge is -2.23. The van der Waals surface area contributed by atoms with E-state index in [0.717, 1.165) is 0 Å². The van der Waals surface area contributed by atoms with Crippen molar-refractivity contribution >= 4 is 0 Å². The average molecular weight is 190 g/mol. The molecule has 0 aromatic heterocycles. The van der Waals surface area contributed by atoms with Crippen LogP contribution in [0.3, 0.4) is 0 Å². The van der Waals surface area contributed by atoms with Crippen LogP contribution in [0.4, 0.5) is 0 Å². The number of aliphatic hydroxyl groups is 2. The molecule has 5 nitrogen and oxygen atoms in total. The van der Waals surface area contributed by atoms with Gasteiger partial charge in [-0.25, -0.2) is 0 Å². The van der Waals surface area contributed by atoms with E-state index < -0.39 is 23.8 Å². The van der Waals surface area contributed by atoms with Gasteiger partial charge in [-0.15, -0.1) is 0 Å². The zero-order chi connectivity index (χ0) is 9.69. The first-order valence-electron chi connectivity index (χ1n) is 4.28. The van der Waals surface area contributed by atoms with Gasteiger partial charge in [0.25, 0.3) is 0 Å². The second kappa shape index (κ2) is 2.65.